The van der Waals surface area contributed by atoms with E-state index in [1.165, 1.54) is 40.4 Å². The van der Waals surface area contributed by atoms with Crippen molar-refractivity contribution in [3.63, 3.8) is 0 Å². The average Bonchev–Trinajstić information content (AvgIpc) is 1.67. The van der Waals surface area contributed by atoms with Crippen LogP contribution in [0.2, 0.25) is 0 Å². The van der Waals surface area contributed by atoms with Gasteiger partial charge >= 0.3 is 35.9 Å². The minimum Gasteiger partial charge on any atom is -0.462 e. The number of likely N-dealkylation sites (N-methyl/N-ethyl adjacent to an activating group) is 2. The Kier molecular flexibility index (Phi) is 57.5. The summed E-state index contributed by atoms with van der Waals surface area (Å²) >= 11 is 10.3. The summed E-state index contributed by atoms with van der Waals surface area (Å²) in [6, 6.07) is 0.754. The molecule has 6 aliphatic rings. The van der Waals surface area contributed by atoms with Gasteiger partial charge in [-0.05, 0) is 195 Å². The first-order chi connectivity index (χ1) is 65.1. The largest absolute Gasteiger partial charge is 0.462 e. The second-order valence-electron chi connectivity index (χ2n) is 37.0. The number of ketones is 2. The highest BCUT2D eigenvalue weighted by Crippen LogP contribution is 2.37. The number of nitrogens with one attached hydrogen (secondary N) is 6. The summed E-state index contributed by atoms with van der Waals surface area (Å²) in [5, 5.41) is 24.4. The number of allylic oxidation sites excluding steroid dienone is 12. The third-order valence-electron chi connectivity index (χ3n) is 23.5. The summed E-state index contributed by atoms with van der Waals surface area (Å²) in [6.07, 6.45) is 38.8. The van der Waals surface area contributed by atoms with Crippen molar-refractivity contribution in [2.75, 3.05) is 119 Å². The van der Waals surface area contributed by atoms with Gasteiger partial charge in [-0.1, -0.05) is 131 Å². The summed E-state index contributed by atoms with van der Waals surface area (Å²) in [7, 11) is 8.20. The number of Topliss-reactive ketones (excluding diaryl/α,β-unsaturated/α-hetero) is 2. The van der Waals surface area contributed by atoms with Crippen molar-refractivity contribution in [1.29, 1.82) is 0 Å². The molecule has 758 valence electrons. The van der Waals surface area contributed by atoms with Gasteiger partial charge in [0.25, 0.3) is 0 Å². The molecule has 6 amide bonds. The van der Waals surface area contributed by atoms with E-state index in [4.69, 9.17) is 47.9 Å². The van der Waals surface area contributed by atoms with E-state index >= 15 is 0 Å². The first-order valence-electron chi connectivity index (χ1n) is 48.7. The molecule has 4 saturated heterocycles. The Morgan fingerprint density at radius 2 is 0.897 bits per heavy atom. The van der Waals surface area contributed by atoms with Gasteiger partial charge in [0.15, 0.2) is 0 Å². The lowest BCUT2D eigenvalue weighted by atomic mass is 9.88. The van der Waals surface area contributed by atoms with Crippen LogP contribution in [0.25, 0.3) is 0 Å². The highest BCUT2D eigenvalue weighted by Gasteiger charge is 2.44. The molecule has 6 N–H and O–H groups in total. The molecule has 0 saturated carbocycles. The number of fused-ring (bicyclic) bond motifs is 6. The molecule has 2 aromatic heterocycles. The van der Waals surface area contributed by atoms with E-state index in [2.05, 4.69) is 130 Å². The predicted octanol–water partition coefficient (Wildman–Crippen LogP) is 17.3. The predicted molar refractivity (Wildman–Crippen MR) is 549 cm³/mol. The summed E-state index contributed by atoms with van der Waals surface area (Å²) in [5.41, 5.74) is 7.14. The Morgan fingerprint density at radius 3 is 1.32 bits per heavy atom. The van der Waals surface area contributed by atoms with Gasteiger partial charge in [-0.15, -0.1) is 22.7 Å². The normalized spacial score (nSPS) is 25.5. The molecule has 6 unspecified atom stereocenters. The molecular formula is C103H157BrN10O18S4. The number of halogens is 1. The van der Waals surface area contributed by atoms with Crippen molar-refractivity contribution in [2.45, 2.75) is 301 Å². The van der Waals surface area contributed by atoms with Gasteiger partial charge in [0.05, 0.1) is 85.2 Å². The fourth-order valence-electron chi connectivity index (χ4n) is 16.4. The second kappa shape index (κ2) is 66.8. The molecule has 28 nitrogen and oxygen atoms in total. The van der Waals surface area contributed by atoms with E-state index in [1.54, 1.807) is 12.2 Å². The number of aromatic nitrogens is 2. The fourth-order valence-corrected chi connectivity index (χ4v) is 21.7. The van der Waals surface area contributed by atoms with Crippen molar-refractivity contribution >= 4 is 121 Å². The molecule has 2 aromatic rings. The lowest BCUT2D eigenvalue weighted by molar-refractivity contribution is -0.150. The van der Waals surface area contributed by atoms with Crippen molar-refractivity contribution in [3.05, 3.63) is 150 Å². The molecule has 4 bridgehead atoms. The molecule has 0 aliphatic carbocycles. The molecule has 6 aliphatic heterocycles. The number of carbonyl (C=O) groups excluding carboxylic acids is 10. The minimum atomic E-state index is -0.529. The van der Waals surface area contributed by atoms with Crippen LogP contribution in [0.5, 0.6) is 0 Å². The number of hydrogen-bond donors (Lipinski definition) is 6. The number of thiazole rings is 2. The minimum absolute atomic E-state index is 0.00911. The Labute approximate surface area is 834 Å². The maximum Gasteiger partial charge on any atom is 0.331 e. The number of urea groups is 2. The maximum absolute atomic E-state index is 13.2. The molecule has 8 heterocycles. The van der Waals surface area contributed by atoms with Gasteiger partial charge in [-0.3, -0.25) is 28.8 Å². The molecule has 136 heavy (non-hydrogen) atoms. The molecule has 0 aromatic carbocycles. The lowest BCUT2D eigenvalue weighted by Crippen LogP contribution is -2.36. The number of unbranched alkanes of at least 4 members (excludes halogenated alkanes) is 2. The van der Waals surface area contributed by atoms with Crippen LogP contribution in [0.3, 0.4) is 0 Å². The first kappa shape index (κ1) is 117. The summed E-state index contributed by atoms with van der Waals surface area (Å²) < 4.78 is 46.7. The van der Waals surface area contributed by atoms with E-state index in [0.29, 0.717) is 166 Å². The Hall–Kier alpha value is -7.70. The highest BCUT2D eigenvalue weighted by molar-refractivity contribution is 9.11. The smallest absolute Gasteiger partial charge is 0.331 e. The van der Waals surface area contributed by atoms with Crippen LogP contribution >= 0.6 is 62.1 Å². The van der Waals surface area contributed by atoms with Crippen LogP contribution in [0.1, 0.15) is 251 Å². The molecule has 33 heteroatoms. The van der Waals surface area contributed by atoms with Gasteiger partial charge in [-0.2, -0.15) is 23.5 Å². The van der Waals surface area contributed by atoms with E-state index < -0.39 is 24.1 Å². The zero-order valence-corrected chi connectivity index (χ0v) is 88.2. The molecule has 8 rings (SSSR count). The molecule has 0 radical (unpaired) electrons. The van der Waals surface area contributed by atoms with Gasteiger partial charge in [0.1, 0.15) is 36.0 Å². The topological polar surface area (TPSA) is 349 Å². The fraction of sp³-hybridized carbons (Fsp3) is 0.650. The van der Waals surface area contributed by atoms with Crippen molar-refractivity contribution in [2.24, 2.45) is 11.8 Å². The summed E-state index contributed by atoms with van der Waals surface area (Å²) in [6.45, 7) is 27.7. The molecule has 0 spiro atoms. The van der Waals surface area contributed by atoms with E-state index in [1.807, 2.05) is 127 Å². The van der Waals surface area contributed by atoms with Gasteiger partial charge < -0.3 is 79.6 Å². The van der Waals surface area contributed by atoms with Gasteiger partial charge in [0, 0.05) is 161 Å². The van der Waals surface area contributed by atoms with Crippen LogP contribution in [-0.2, 0) is 89.1 Å². The average molecular weight is 2030 g/mol. The van der Waals surface area contributed by atoms with Crippen molar-refractivity contribution in [3.8, 4) is 0 Å². The number of hydrogen-bond acceptors (Lipinski definition) is 26. The number of rotatable bonds is 45. The van der Waals surface area contributed by atoms with E-state index in [9.17, 15) is 47.9 Å². The SMILES string of the molecule is C/C(Br)=C\[C@@H]1Cc2nc(cs2)[C@@H](C)CC(CCC(=O)NCCOCCOCCCC(=O)CCCC[C@@H]2SCC3NC(=O)NC32)CC(=O)O[C@@H](C)C/C(C)=C/C=C\C(=O)O1.C/C=C/C(C)=C/CN(C)C.CC(/C=C/C(C)=C/[C@@H]1Cc2nc(cs2)[C@@H](C)CC(CCC(=O)NCCOCCOCCCC(=O)CCCC[C@@H]2SCC3NC(=O)NC32)CC(=O)O[C@@H](C)C/C(C)=C/C=C\C(=O)O1)=C\CN(C)C. The molecule has 4 fully saturated rings. The Morgan fingerprint density at radius 1 is 0.493 bits per heavy atom. The standard InChI is InChI=1S/C51H77N5O9S2.C43H63BrN4O9S2.C9H17N/c1-35(21-23-56(6)7)17-18-37(3)29-42-32-47-53-43(33-67-47)38(4)30-40(31-49(60)64-39(5)28-36(2)12-10-16-48(59)65-42)19-20-46(58)52-22-25-63-27-26-62-24-11-14-41(57)13-8-9-15-45-50-44(34-66-45)54-51(61)55-50;1-28-9-7-13-40(51)57-34(23-30(3)44)25-39-46-35(26-59-39)29(2)22-32(24-41(52)56-31(4)21-28)14-15-38(50)45-16-18-55-20-19-54-17-8-11-33(49)10-5-6-12-37-42-36(27-58-37)47-43(53)48-42;1-5-6-9(2)7-8-10(3)4/h10,12,16-18,21,29,33,38-40,42,44-45,50H,8-9,11,13-15,19-20,22-28,30-32,34H2,1-7H3,(H,52,58)(H2,54,55,61);7,9,13,23,26,29,31-32,34,36-37,42H,5-6,8,10-12,14-22,24-25,27H2,1-4H3,(H,45,50)(H2,47,48,53);5-7H,8H2,1-4H3/b16-10-,18-17+,35-21+,36-12+,37-29+;13-7-,28-9+,30-23+;6-5+,9-7+/t38-,39-,40?,42+,44?,45-,50?;29-,31-,32?,34+,36?,37-,42?;/m00./s1. The lowest BCUT2D eigenvalue weighted by Gasteiger charge is -2.21. The number of cyclic esters (lactones) is 4. The first-order valence-corrected chi connectivity index (χ1v) is 53.4. The zero-order valence-electron chi connectivity index (χ0n) is 83.3. The van der Waals surface area contributed by atoms with Crippen LogP contribution in [0, 0.1) is 11.8 Å². The summed E-state index contributed by atoms with van der Waals surface area (Å²) in [5.74, 6) is 0.525. The monoisotopic (exact) mass is 2030 g/mol. The highest BCUT2D eigenvalue weighted by atomic mass is 79.9. The van der Waals surface area contributed by atoms with Crippen LogP contribution < -0.4 is 31.9 Å². The molecule has 14 atom stereocenters. The van der Waals surface area contributed by atoms with E-state index in [0.717, 1.165) is 111 Å². The number of thioether (sulfide) groups is 2. The number of ether oxygens (including phenoxy) is 8. The number of amides is 6. The summed E-state index contributed by atoms with van der Waals surface area (Å²) in [4.78, 5) is 140. The van der Waals surface area contributed by atoms with Crippen LogP contribution in [0.15, 0.2) is 128 Å². The number of esters is 4. The van der Waals surface area contributed by atoms with Crippen LogP contribution in [0.4, 0.5) is 9.59 Å². The number of carbonyl (C=O) groups is 10. The zero-order chi connectivity index (χ0) is 99.1. The molecular weight excluding hydrogens is 1870 g/mol. The van der Waals surface area contributed by atoms with Crippen molar-refractivity contribution < 1.29 is 85.8 Å². The van der Waals surface area contributed by atoms with Gasteiger partial charge in [0.2, 0.25) is 11.8 Å². The quantitative estimate of drug-likeness (QED) is 0.0118. The Bertz CT molecular complexity index is 4360. The van der Waals surface area contributed by atoms with E-state index in [-0.39, 0.29) is 133 Å². The van der Waals surface area contributed by atoms with Gasteiger partial charge in [-0.25, -0.2) is 29.1 Å². The third-order valence-corrected chi connectivity index (χ3v) is 28.5. The maximum atomic E-state index is 13.2. The number of nitrogens with zero attached hydrogens (tertiary/aromatic N) is 4. The Balaban J connectivity index is 0.000000381. The van der Waals surface area contributed by atoms with Crippen molar-refractivity contribution in [1.82, 2.24) is 51.7 Å². The van der Waals surface area contributed by atoms with Crippen LogP contribution in [-0.4, -0.2) is 257 Å². The second-order valence-corrected chi connectivity index (χ2v) is 42.7. The third kappa shape index (κ3) is 51.5.